The van der Waals surface area contributed by atoms with Crippen molar-refractivity contribution in [3.63, 3.8) is 0 Å². The van der Waals surface area contributed by atoms with E-state index >= 15 is 0 Å². The van der Waals surface area contributed by atoms with Crippen LogP contribution in [0.5, 0.6) is 0 Å². The van der Waals surface area contributed by atoms with E-state index in [1.54, 1.807) is 0 Å². The summed E-state index contributed by atoms with van der Waals surface area (Å²) in [4.78, 5) is 8.83. The Labute approximate surface area is 94.6 Å². The number of hydrogen-bond donors (Lipinski definition) is 0. The first-order chi connectivity index (χ1) is 7.54. The number of fused-ring (bicyclic) bond motifs is 1. The summed E-state index contributed by atoms with van der Waals surface area (Å²) in [6, 6.07) is 2.20. The lowest BCUT2D eigenvalue weighted by molar-refractivity contribution is 0.813. The molecule has 2 heterocycles. The highest BCUT2D eigenvalue weighted by Gasteiger charge is 2.16. The smallest absolute Gasteiger partial charge is 0.145 e. The van der Waals surface area contributed by atoms with Crippen LogP contribution in [0.2, 0.25) is 0 Å². The summed E-state index contributed by atoms with van der Waals surface area (Å²) in [5.74, 6) is 1.04. The van der Waals surface area contributed by atoms with Gasteiger partial charge in [-0.2, -0.15) is 5.26 Å². The van der Waals surface area contributed by atoms with E-state index in [0.29, 0.717) is 11.5 Å². The summed E-state index contributed by atoms with van der Waals surface area (Å²) in [5.41, 5.74) is 2.45. The van der Waals surface area contributed by atoms with E-state index in [1.807, 2.05) is 24.7 Å². The first-order valence-corrected chi connectivity index (χ1v) is 5.28. The van der Waals surface area contributed by atoms with Gasteiger partial charge < -0.3 is 4.57 Å². The van der Waals surface area contributed by atoms with Gasteiger partial charge in [0.1, 0.15) is 17.5 Å². The number of nitriles is 1. The molecule has 0 aromatic carbocycles. The van der Waals surface area contributed by atoms with E-state index in [-0.39, 0.29) is 0 Å². The Hall–Kier alpha value is -1.89. The fourth-order valence-electron chi connectivity index (χ4n) is 1.91. The second-order valence-electron chi connectivity index (χ2n) is 4.27. The van der Waals surface area contributed by atoms with Crippen LogP contribution in [0, 0.1) is 18.3 Å². The van der Waals surface area contributed by atoms with E-state index < -0.39 is 0 Å². The zero-order valence-corrected chi connectivity index (χ0v) is 9.94. The van der Waals surface area contributed by atoms with Crippen LogP contribution in [0.4, 0.5) is 0 Å². The first-order valence-electron chi connectivity index (χ1n) is 5.28. The van der Waals surface area contributed by atoms with Gasteiger partial charge in [-0.3, -0.25) is 0 Å². The zero-order valence-electron chi connectivity index (χ0n) is 9.94. The highest BCUT2D eigenvalue weighted by Crippen LogP contribution is 2.26. The number of hydrogen-bond acceptors (Lipinski definition) is 3. The minimum absolute atomic E-state index is 0.290. The lowest BCUT2D eigenvalue weighted by Crippen LogP contribution is -2.00. The van der Waals surface area contributed by atoms with Gasteiger partial charge in [0.15, 0.2) is 0 Å². The molecule has 0 saturated heterocycles. The van der Waals surface area contributed by atoms with Crippen LogP contribution < -0.4 is 0 Å². The fourth-order valence-corrected chi connectivity index (χ4v) is 1.91. The topological polar surface area (TPSA) is 54.5 Å². The molecule has 0 spiro atoms. The molecule has 0 N–H and O–H groups in total. The maximum absolute atomic E-state index is 9.11. The van der Waals surface area contributed by atoms with Crippen LogP contribution in [0.1, 0.15) is 36.8 Å². The Morgan fingerprint density at radius 1 is 1.38 bits per heavy atom. The van der Waals surface area contributed by atoms with Crippen molar-refractivity contribution in [1.29, 1.82) is 5.26 Å². The molecular formula is C12H14N4. The number of aromatic nitrogens is 3. The average molecular weight is 214 g/mol. The van der Waals surface area contributed by atoms with Crippen molar-refractivity contribution in [2.45, 2.75) is 26.7 Å². The fraction of sp³-hybridized carbons (Fsp3) is 0.417. The molecule has 0 unspecified atom stereocenters. The van der Waals surface area contributed by atoms with Crippen LogP contribution in [0.15, 0.2) is 6.20 Å². The van der Waals surface area contributed by atoms with Gasteiger partial charge in [-0.15, -0.1) is 0 Å². The minimum atomic E-state index is 0.290. The third-order valence-corrected chi connectivity index (χ3v) is 2.62. The van der Waals surface area contributed by atoms with Crippen molar-refractivity contribution in [2.75, 3.05) is 0 Å². The largest absolute Gasteiger partial charge is 0.334 e. The Kier molecular flexibility index (Phi) is 2.39. The molecule has 0 atom stereocenters. The molecule has 0 aliphatic carbocycles. The molecule has 0 aliphatic heterocycles. The van der Waals surface area contributed by atoms with E-state index in [1.165, 1.54) is 0 Å². The molecule has 16 heavy (non-hydrogen) atoms. The molecule has 2 rings (SSSR count). The van der Waals surface area contributed by atoms with Crippen molar-refractivity contribution in [3.05, 3.63) is 23.3 Å². The van der Waals surface area contributed by atoms with Crippen molar-refractivity contribution in [1.82, 2.24) is 14.5 Å². The Bertz CT molecular complexity index is 587. The average Bonchev–Trinajstić information content (AvgIpc) is 2.54. The van der Waals surface area contributed by atoms with Gasteiger partial charge >= 0.3 is 0 Å². The summed E-state index contributed by atoms with van der Waals surface area (Å²) in [6.07, 6.45) is 1.81. The lowest BCUT2D eigenvalue weighted by atomic mass is 10.0. The molecule has 4 heteroatoms. The SMILES string of the molecule is Cc1nc(C(C)C)c2c(C#N)cn(C)c2n1. The maximum atomic E-state index is 9.11. The standard InChI is InChI=1S/C12H14N4/c1-7(2)11-10-9(5-13)6-16(4)12(10)15-8(3)14-11/h6-7H,1-4H3. The van der Waals surface area contributed by atoms with Gasteiger partial charge in [0.25, 0.3) is 0 Å². The van der Waals surface area contributed by atoms with Crippen molar-refractivity contribution < 1.29 is 0 Å². The molecular weight excluding hydrogens is 200 g/mol. The van der Waals surface area contributed by atoms with Crippen LogP contribution in [0.3, 0.4) is 0 Å². The van der Waals surface area contributed by atoms with Gasteiger partial charge in [-0.1, -0.05) is 13.8 Å². The number of rotatable bonds is 1. The van der Waals surface area contributed by atoms with E-state index in [0.717, 1.165) is 22.6 Å². The highest BCUT2D eigenvalue weighted by molar-refractivity contribution is 5.86. The number of nitrogens with zero attached hydrogens (tertiary/aromatic N) is 4. The third kappa shape index (κ3) is 1.45. The van der Waals surface area contributed by atoms with Crippen molar-refractivity contribution in [2.24, 2.45) is 7.05 Å². The molecule has 0 radical (unpaired) electrons. The summed E-state index contributed by atoms with van der Waals surface area (Å²) in [5, 5.41) is 10.00. The van der Waals surface area contributed by atoms with Crippen LogP contribution in [0.25, 0.3) is 11.0 Å². The molecule has 0 saturated carbocycles. The van der Waals surface area contributed by atoms with Crippen molar-refractivity contribution in [3.8, 4) is 6.07 Å². The normalized spacial score (nSPS) is 11.0. The molecule has 0 bridgehead atoms. The van der Waals surface area contributed by atoms with Gasteiger partial charge in [0.2, 0.25) is 0 Å². The van der Waals surface area contributed by atoms with Gasteiger partial charge in [-0.05, 0) is 12.8 Å². The van der Waals surface area contributed by atoms with E-state index in [4.69, 9.17) is 5.26 Å². The summed E-state index contributed by atoms with van der Waals surface area (Å²) < 4.78 is 1.88. The summed E-state index contributed by atoms with van der Waals surface area (Å²) in [6.45, 7) is 6.04. The zero-order chi connectivity index (χ0) is 11.9. The maximum Gasteiger partial charge on any atom is 0.145 e. The molecule has 0 aliphatic rings. The van der Waals surface area contributed by atoms with Crippen LogP contribution in [-0.2, 0) is 7.05 Å². The van der Waals surface area contributed by atoms with Crippen LogP contribution >= 0.6 is 0 Å². The van der Waals surface area contributed by atoms with Gasteiger partial charge in [0, 0.05) is 13.2 Å². The Morgan fingerprint density at radius 2 is 2.06 bits per heavy atom. The summed E-state index contributed by atoms with van der Waals surface area (Å²) >= 11 is 0. The number of aryl methyl sites for hydroxylation is 2. The van der Waals surface area contributed by atoms with Crippen molar-refractivity contribution >= 4 is 11.0 Å². The van der Waals surface area contributed by atoms with Crippen LogP contribution in [-0.4, -0.2) is 14.5 Å². The minimum Gasteiger partial charge on any atom is -0.334 e. The molecule has 82 valence electrons. The lowest BCUT2D eigenvalue weighted by Gasteiger charge is -2.07. The van der Waals surface area contributed by atoms with E-state index in [2.05, 4.69) is 29.9 Å². The molecule has 2 aromatic rings. The van der Waals surface area contributed by atoms with E-state index in [9.17, 15) is 0 Å². The predicted molar refractivity (Wildman–Crippen MR) is 62.1 cm³/mol. The molecule has 0 amide bonds. The second kappa shape index (κ2) is 3.60. The third-order valence-electron chi connectivity index (χ3n) is 2.62. The summed E-state index contributed by atoms with van der Waals surface area (Å²) in [7, 11) is 1.90. The molecule has 4 nitrogen and oxygen atoms in total. The monoisotopic (exact) mass is 214 g/mol. The predicted octanol–water partition coefficient (Wildman–Crippen LogP) is 2.27. The second-order valence-corrected chi connectivity index (χ2v) is 4.27. The molecule has 0 fully saturated rings. The van der Waals surface area contributed by atoms with Gasteiger partial charge in [-0.25, -0.2) is 9.97 Å². The van der Waals surface area contributed by atoms with Gasteiger partial charge in [0.05, 0.1) is 16.6 Å². The highest BCUT2D eigenvalue weighted by atomic mass is 15.0. The Morgan fingerprint density at radius 3 is 2.62 bits per heavy atom. The quantitative estimate of drug-likeness (QED) is 0.731. The first kappa shape index (κ1) is 10.6. The molecule has 2 aromatic heterocycles. The Balaban J connectivity index is 2.94.